The van der Waals surface area contributed by atoms with Gasteiger partial charge in [-0.25, -0.2) is 0 Å². The van der Waals surface area contributed by atoms with Gasteiger partial charge in [0.2, 0.25) is 5.91 Å². The van der Waals surface area contributed by atoms with Gasteiger partial charge in [-0.15, -0.1) is 0 Å². The van der Waals surface area contributed by atoms with Crippen LogP contribution in [0, 0.1) is 13.8 Å². The van der Waals surface area contributed by atoms with Crippen molar-refractivity contribution in [3.05, 3.63) is 41.5 Å². The van der Waals surface area contributed by atoms with E-state index < -0.39 is 0 Å². The largest absolute Gasteiger partial charge is 0.323 e. The smallest absolute Gasteiger partial charge is 0.228 e. The van der Waals surface area contributed by atoms with Crippen LogP contribution in [0.25, 0.3) is 0 Å². The minimum atomic E-state index is -0.0414. The van der Waals surface area contributed by atoms with Crippen LogP contribution in [0.15, 0.2) is 24.5 Å². The molecule has 0 atom stereocenters. The van der Waals surface area contributed by atoms with E-state index in [-0.39, 0.29) is 5.91 Å². The monoisotopic (exact) mass is 272 g/mol. The van der Waals surface area contributed by atoms with Gasteiger partial charge >= 0.3 is 0 Å². The first-order valence-corrected chi connectivity index (χ1v) is 6.84. The summed E-state index contributed by atoms with van der Waals surface area (Å²) in [6, 6.07) is 3.73. The number of anilines is 1. The van der Waals surface area contributed by atoms with Crippen LogP contribution in [0.1, 0.15) is 30.3 Å². The van der Waals surface area contributed by atoms with E-state index in [9.17, 15) is 4.79 Å². The van der Waals surface area contributed by atoms with Gasteiger partial charge in [0.25, 0.3) is 0 Å². The SMILES string of the molecule is CCCn1nc(C)c(NC(=O)Cc2cccnc2)c1C. The van der Waals surface area contributed by atoms with Crippen LogP contribution in [0.5, 0.6) is 0 Å². The number of amides is 1. The van der Waals surface area contributed by atoms with Crippen molar-refractivity contribution in [3.63, 3.8) is 0 Å². The van der Waals surface area contributed by atoms with Gasteiger partial charge in [0.15, 0.2) is 0 Å². The normalized spacial score (nSPS) is 10.6. The Kier molecular flexibility index (Phi) is 4.50. The van der Waals surface area contributed by atoms with Crippen molar-refractivity contribution in [1.29, 1.82) is 0 Å². The summed E-state index contributed by atoms with van der Waals surface area (Å²) >= 11 is 0. The fraction of sp³-hybridized carbons (Fsp3) is 0.400. The van der Waals surface area contributed by atoms with Crippen LogP contribution in [-0.4, -0.2) is 20.7 Å². The van der Waals surface area contributed by atoms with Gasteiger partial charge in [0, 0.05) is 18.9 Å². The highest BCUT2D eigenvalue weighted by Gasteiger charge is 2.13. The quantitative estimate of drug-likeness (QED) is 0.909. The molecule has 5 nitrogen and oxygen atoms in total. The van der Waals surface area contributed by atoms with Crippen LogP contribution in [0.3, 0.4) is 0 Å². The number of hydrogen-bond acceptors (Lipinski definition) is 3. The van der Waals surface area contributed by atoms with Crippen LogP contribution in [0.2, 0.25) is 0 Å². The molecule has 2 aromatic heterocycles. The summed E-state index contributed by atoms with van der Waals surface area (Å²) in [6.45, 7) is 6.87. The predicted octanol–water partition coefficient (Wildman–Crippen LogP) is 2.49. The van der Waals surface area contributed by atoms with E-state index in [1.54, 1.807) is 12.4 Å². The van der Waals surface area contributed by atoms with Gasteiger partial charge in [-0.05, 0) is 31.9 Å². The molecular weight excluding hydrogens is 252 g/mol. The Morgan fingerprint density at radius 2 is 2.20 bits per heavy atom. The second-order valence-corrected chi connectivity index (χ2v) is 4.86. The first-order valence-electron chi connectivity index (χ1n) is 6.84. The standard InChI is InChI=1S/C15H20N4O/c1-4-8-19-12(3)15(11(2)18-19)17-14(20)9-13-6-5-7-16-10-13/h5-7,10H,4,8-9H2,1-3H3,(H,17,20). The Balaban J connectivity index is 2.08. The molecule has 0 spiro atoms. The summed E-state index contributed by atoms with van der Waals surface area (Å²) in [5.41, 5.74) is 3.59. The van der Waals surface area contributed by atoms with E-state index in [1.807, 2.05) is 30.7 Å². The van der Waals surface area contributed by atoms with Crippen molar-refractivity contribution in [2.75, 3.05) is 5.32 Å². The lowest BCUT2D eigenvalue weighted by molar-refractivity contribution is -0.115. The highest BCUT2D eigenvalue weighted by molar-refractivity contribution is 5.93. The Morgan fingerprint density at radius 1 is 1.40 bits per heavy atom. The maximum atomic E-state index is 12.1. The molecule has 0 bridgehead atoms. The summed E-state index contributed by atoms with van der Waals surface area (Å²) in [6.07, 6.45) is 4.75. The Hall–Kier alpha value is -2.17. The molecule has 0 unspecified atom stereocenters. The molecule has 1 amide bonds. The molecule has 0 radical (unpaired) electrons. The summed E-state index contributed by atoms with van der Waals surface area (Å²) < 4.78 is 1.94. The van der Waals surface area contributed by atoms with Gasteiger partial charge in [-0.2, -0.15) is 5.10 Å². The second kappa shape index (κ2) is 6.32. The van der Waals surface area contributed by atoms with Crippen molar-refractivity contribution < 1.29 is 4.79 Å². The average molecular weight is 272 g/mol. The average Bonchev–Trinajstić information content (AvgIpc) is 2.68. The number of rotatable bonds is 5. The summed E-state index contributed by atoms with van der Waals surface area (Å²) in [5.74, 6) is -0.0414. The summed E-state index contributed by atoms with van der Waals surface area (Å²) in [7, 11) is 0. The van der Waals surface area contributed by atoms with Gasteiger partial charge in [-0.1, -0.05) is 13.0 Å². The number of carbonyl (C=O) groups excluding carboxylic acids is 1. The summed E-state index contributed by atoms with van der Waals surface area (Å²) in [5, 5.41) is 7.41. The third kappa shape index (κ3) is 3.23. The molecule has 0 aliphatic heterocycles. The fourth-order valence-electron chi connectivity index (χ4n) is 2.18. The fourth-order valence-corrected chi connectivity index (χ4v) is 2.18. The van der Waals surface area contributed by atoms with E-state index >= 15 is 0 Å². The lowest BCUT2D eigenvalue weighted by Gasteiger charge is -2.06. The van der Waals surface area contributed by atoms with Crippen molar-refractivity contribution in [1.82, 2.24) is 14.8 Å². The summed E-state index contributed by atoms with van der Waals surface area (Å²) in [4.78, 5) is 16.1. The molecule has 2 heterocycles. The Labute approximate surface area is 119 Å². The third-order valence-electron chi connectivity index (χ3n) is 3.17. The van der Waals surface area contributed by atoms with E-state index in [4.69, 9.17) is 0 Å². The molecule has 1 N–H and O–H groups in total. The maximum absolute atomic E-state index is 12.1. The van der Waals surface area contributed by atoms with E-state index in [0.717, 1.165) is 35.6 Å². The zero-order valence-corrected chi connectivity index (χ0v) is 12.2. The predicted molar refractivity (Wildman–Crippen MR) is 78.6 cm³/mol. The number of aryl methyl sites for hydroxylation is 2. The van der Waals surface area contributed by atoms with E-state index in [1.165, 1.54) is 0 Å². The minimum absolute atomic E-state index is 0.0414. The molecule has 5 heteroatoms. The molecule has 20 heavy (non-hydrogen) atoms. The number of nitrogens with zero attached hydrogens (tertiary/aromatic N) is 3. The van der Waals surface area contributed by atoms with Crippen LogP contribution >= 0.6 is 0 Å². The lowest BCUT2D eigenvalue weighted by Crippen LogP contribution is -2.15. The van der Waals surface area contributed by atoms with Crippen molar-refractivity contribution >= 4 is 11.6 Å². The topological polar surface area (TPSA) is 59.8 Å². The van der Waals surface area contributed by atoms with Crippen molar-refractivity contribution in [2.45, 2.75) is 40.2 Å². The maximum Gasteiger partial charge on any atom is 0.228 e. The molecule has 0 aromatic carbocycles. The molecule has 2 rings (SSSR count). The first kappa shape index (κ1) is 14.2. The molecular formula is C15H20N4O. The minimum Gasteiger partial charge on any atom is -0.323 e. The lowest BCUT2D eigenvalue weighted by atomic mass is 10.2. The molecule has 0 aliphatic carbocycles. The third-order valence-corrected chi connectivity index (χ3v) is 3.17. The van der Waals surface area contributed by atoms with Crippen molar-refractivity contribution in [2.24, 2.45) is 0 Å². The van der Waals surface area contributed by atoms with Gasteiger partial charge in [0.1, 0.15) is 0 Å². The molecule has 0 fully saturated rings. The Bertz CT molecular complexity index is 589. The van der Waals surface area contributed by atoms with E-state index in [0.29, 0.717) is 6.42 Å². The zero-order valence-electron chi connectivity index (χ0n) is 12.2. The molecule has 0 saturated heterocycles. The molecule has 0 saturated carbocycles. The molecule has 2 aromatic rings. The van der Waals surface area contributed by atoms with Crippen LogP contribution in [0.4, 0.5) is 5.69 Å². The van der Waals surface area contributed by atoms with Crippen LogP contribution < -0.4 is 5.32 Å². The van der Waals surface area contributed by atoms with Gasteiger partial charge < -0.3 is 5.32 Å². The van der Waals surface area contributed by atoms with Gasteiger partial charge in [-0.3, -0.25) is 14.5 Å². The second-order valence-electron chi connectivity index (χ2n) is 4.86. The molecule has 106 valence electrons. The number of nitrogens with one attached hydrogen (secondary N) is 1. The number of hydrogen-bond donors (Lipinski definition) is 1. The number of pyridine rings is 1. The van der Waals surface area contributed by atoms with Crippen molar-refractivity contribution in [3.8, 4) is 0 Å². The zero-order chi connectivity index (χ0) is 14.5. The van der Waals surface area contributed by atoms with Crippen LogP contribution in [-0.2, 0) is 17.8 Å². The Morgan fingerprint density at radius 3 is 2.85 bits per heavy atom. The highest BCUT2D eigenvalue weighted by atomic mass is 16.1. The highest BCUT2D eigenvalue weighted by Crippen LogP contribution is 2.19. The first-order chi connectivity index (χ1) is 9.61. The number of aromatic nitrogens is 3. The number of carbonyl (C=O) groups is 1. The van der Waals surface area contributed by atoms with Gasteiger partial charge in [0.05, 0.1) is 23.5 Å². The molecule has 0 aliphatic rings. The van der Waals surface area contributed by atoms with E-state index in [2.05, 4.69) is 22.3 Å².